The second-order valence-electron chi connectivity index (χ2n) is 6.52. The molecule has 0 saturated carbocycles. The van der Waals surface area contributed by atoms with Crippen LogP contribution in [-0.2, 0) is 27.9 Å². The number of hydrogen-bond donors (Lipinski definition) is 3. The molecule has 5 atom stereocenters. The molecule has 2 heterocycles. The molecule has 11 nitrogen and oxygen atoms in total. The first kappa shape index (κ1) is 28.4. The number of carbonyl (C=O) groups is 1. The molecule has 0 aromatic heterocycles. The summed E-state index contributed by atoms with van der Waals surface area (Å²) in [6.07, 6.45) is -3.52. The van der Waals surface area contributed by atoms with Gasteiger partial charge in [-0.3, -0.25) is 13.8 Å². The van der Waals surface area contributed by atoms with Gasteiger partial charge in [0, 0.05) is 12.6 Å². The van der Waals surface area contributed by atoms with E-state index in [1.54, 1.807) is 6.92 Å². The van der Waals surface area contributed by atoms with Crippen molar-refractivity contribution in [1.82, 2.24) is 4.90 Å². The maximum atomic E-state index is 14.5. The number of amidine groups is 1. The molecule has 2 aliphatic heterocycles. The lowest BCUT2D eigenvalue weighted by Crippen LogP contribution is -2.47. The minimum atomic E-state index is -4.74. The van der Waals surface area contributed by atoms with Gasteiger partial charge in [-0.25, -0.2) is 9.56 Å². The van der Waals surface area contributed by atoms with E-state index in [0.717, 1.165) is 11.1 Å². The van der Waals surface area contributed by atoms with Crippen molar-refractivity contribution in [2.45, 2.75) is 50.5 Å². The lowest BCUT2D eigenvalue weighted by Gasteiger charge is -2.31. The molecular weight excluding hydrogens is 479 g/mol. The molecule has 15 heteroatoms. The Balaban J connectivity index is 0.00000512. The Morgan fingerprint density at radius 2 is 2.16 bits per heavy atom. The molecule has 2 aliphatic rings. The number of aliphatic imine (C=N–C) groups is 1. The van der Waals surface area contributed by atoms with Gasteiger partial charge in [-0.2, -0.15) is 8.78 Å². The van der Waals surface area contributed by atoms with Crippen LogP contribution >= 0.6 is 19.4 Å². The van der Waals surface area contributed by atoms with Crippen LogP contribution in [0.2, 0.25) is 0 Å². The fraction of sp³-hybridized carbons (Fsp3) is 0.647. The predicted octanol–water partition coefficient (Wildman–Crippen LogP) is 1.70. The van der Waals surface area contributed by atoms with Crippen LogP contribution in [0.15, 0.2) is 29.7 Å². The largest absolute Gasteiger partial charge is 0.472 e. The highest BCUT2D eigenvalue weighted by atomic mass is 35.5. The summed E-state index contributed by atoms with van der Waals surface area (Å²) in [5.74, 6) is -4.42. The Kier molecular flexibility index (Phi) is 10.2. The Morgan fingerprint density at radius 1 is 1.50 bits per heavy atom. The number of aliphatic hydroxyl groups excluding tert-OH is 1. The number of rotatable bonds is 10. The zero-order valence-corrected chi connectivity index (χ0v) is 18.0. The molecule has 184 valence electrons. The molecule has 32 heavy (non-hydrogen) atoms. The fourth-order valence-corrected chi connectivity index (χ4v) is 3.51. The number of phosphoric ester groups is 1. The topological polar surface area (TPSA) is 153 Å². The molecule has 1 saturated heterocycles. The summed E-state index contributed by atoms with van der Waals surface area (Å²) in [5, 5.41) is 8.99. The molecule has 1 fully saturated rings. The van der Waals surface area contributed by atoms with Crippen LogP contribution in [-0.4, -0.2) is 76.3 Å². The molecule has 3 unspecified atom stereocenters. The summed E-state index contributed by atoms with van der Waals surface area (Å²) in [7, 11) is -4.74. The highest BCUT2D eigenvalue weighted by Crippen LogP contribution is 2.46. The van der Waals surface area contributed by atoms with E-state index in [9.17, 15) is 28.1 Å². The summed E-state index contributed by atoms with van der Waals surface area (Å²) < 4.78 is 60.2. The van der Waals surface area contributed by atoms with E-state index in [0.29, 0.717) is 0 Å². The molecule has 4 N–H and O–H groups in total. The van der Waals surface area contributed by atoms with Gasteiger partial charge in [0.25, 0.3) is 0 Å². The van der Waals surface area contributed by atoms with Gasteiger partial charge < -0.3 is 30.1 Å². The molecule has 0 aliphatic carbocycles. The van der Waals surface area contributed by atoms with Gasteiger partial charge >= 0.3 is 19.7 Å². The highest BCUT2D eigenvalue weighted by Gasteiger charge is 2.61. The van der Waals surface area contributed by atoms with Gasteiger partial charge in [0.2, 0.25) is 6.23 Å². The van der Waals surface area contributed by atoms with Crippen LogP contribution in [0.25, 0.3) is 0 Å². The van der Waals surface area contributed by atoms with Gasteiger partial charge in [-0.15, -0.1) is 11.6 Å². The number of esters is 1. The average Bonchev–Trinajstić information content (AvgIpc) is 2.92. The summed E-state index contributed by atoms with van der Waals surface area (Å²) in [6.45, 7) is 3.37. The number of nitrogens with zero attached hydrogens (tertiary/aromatic N) is 2. The fourth-order valence-electron chi connectivity index (χ4n) is 2.52. The van der Waals surface area contributed by atoms with E-state index in [1.165, 1.54) is 6.08 Å². The molecule has 0 bridgehead atoms. The first-order chi connectivity index (χ1) is 14.4. The van der Waals surface area contributed by atoms with Crippen LogP contribution in [0.4, 0.5) is 8.78 Å². The SMILES string of the molecule is C.C=C1N=C(N)C=CN1[C@@H]1O[C@H](COP(=O)(O)OCC(Cl)COC(=O)CC)C(O)C1(F)F. The summed E-state index contributed by atoms with van der Waals surface area (Å²) in [6, 6.07) is 0. The first-order valence-corrected chi connectivity index (χ1v) is 10.9. The van der Waals surface area contributed by atoms with Crippen LogP contribution < -0.4 is 5.73 Å². The quantitative estimate of drug-likeness (QED) is 0.227. The van der Waals surface area contributed by atoms with Crippen LogP contribution in [0.1, 0.15) is 20.8 Å². The summed E-state index contributed by atoms with van der Waals surface area (Å²) in [4.78, 5) is 25.4. The first-order valence-electron chi connectivity index (χ1n) is 9.00. The second kappa shape index (κ2) is 11.5. The van der Waals surface area contributed by atoms with Crippen molar-refractivity contribution in [3.8, 4) is 0 Å². The maximum Gasteiger partial charge on any atom is 0.472 e. The van der Waals surface area contributed by atoms with Crippen molar-refractivity contribution in [3.05, 3.63) is 24.7 Å². The van der Waals surface area contributed by atoms with Crippen LogP contribution in [0, 0.1) is 0 Å². The van der Waals surface area contributed by atoms with Crippen molar-refractivity contribution < 1.29 is 46.7 Å². The van der Waals surface area contributed by atoms with Gasteiger partial charge in [0.15, 0.2) is 6.10 Å². The van der Waals surface area contributed by atoms with Crippen molar-refractivity contribution in [2.75, 3.05) is 19.8 Å². The van der Waals surface area contributed by atoms with Crippen LogP contribution in [0.3, 0.4) is 0 Å². The van der Waals surface area contributed by atoms with E-state index in [2.05, 4.69) is 20.6 Å². The van der Waals surface area contributed by atoms with Crippen molar-refractivity contribution >= 4 is 31.2 Å². The van der Waals surface area contributed by atoms with Gasteiger partial charge in [0.1, 0.15) is 24.4 Å². The lowest BCUT2D eigenvalue weighted by atomic mass is 10.1. The maximum absolute atomic E-state index is 14.5. The number of phosphoric acid groups is 1. The smallest absolute Gasteiger partial charge is 0.464 e. The van der Waals surface area contributed by atoms with E-state index in [1.807, 2.05) is 0 Å². The molecular formula is C17H27ClF2N3O8P. The minimum Gasteiger partial charge on any atom is -0.464 e. The third-order valence-electron chi connectivity index (χ3n) is 4.13. The van der Waals surface area contributed by atoms with E-state index in [-0.39, 0.29) is 32.1 Å². The Hall–Kier alpha value is -1.60. The Morgan fingerprint density at radius 3 is 2.75 bits per heavy atom. The number of alkyl halides is 3. The van der Waals surface area contributed by atoms with Gasteiger partial charge in [0.05, 0.1) is 18.6 Å². The Labute approximate surface area is 189 Å². The second-order valence-corrected chi connectivity index (χ2v) is 8.59. The zero-order valence-electron chi connectivity index (χ0n) is 16.4. The molecule has 0 aromatic rings. The van der Waals surface area contributed by atoms with E-state index < -0.39 is 56.7 Å². The number of carbonyl (C=O) groups excluding carboxylic acids is 1. The standard InChI is InChI=1S/C16H23ClF2N3O8P.CH4/c1-3-13(23)27-6-10(17)7-28-31(25,26)29-8-11-14(24)16(18,19)15(30-11)22-5-4-12(20)21-9(22)2;/h4-5,10-11,14-15,24H,2-3,6-8H2,1H3,(H2,20,21)(H,25,26);1H4/t10?,11-,14?,15-;/m1./s1. The lowest BCUT2D eigenvalue weighted by molar-refractivity contribution is -0.148. The number of hydrogen-bond acceptors (Lipinski definition) is 10. The predicted molar refractivity (Wildman–Crippen MR) is 111 cm³/mol. The number of nitrogens with two attached hydrogens (primary N) is 1. The molecule has 2 rings (SSSR count). The average molecular weight is 506 g/mol. The summed E-state index contributed by atoms with van der Waals surface area (Å²) >= 11 is 5.81. The third-order valence-corrected chi connectivity index (χ3v) is 5.33. The van der Waals surface area contributed by atoms with Crippen molar-refractivity contribution in [2.24, 2.45) is 10.7 Å². The number of ether oxygens (including phenoxy) is 2. The summed E-state index contributed by atoms with van der Waals surface area (Å²) in [5.41, 5.74) is 5.47. The van der Waals surface area contributed by atoms with Crippen molar-refractivity contribution in [3.63, 3.8) is 0 Å². The normalized spacial score (nSPS) is 27.3. The third kappa shape index (κ3) is 7.20. The minimum absolute atomic E-state index is 0. The van der Waals surface area contributed by atoms with Crippen LogP contribution in [0.5, 0.6) is 0 Å². The van der Waals surface area contributed by atoms with Gasteiger partial charge in [-0.05, 0) is 6.08 Å². The van der Waals surface area contributed by atoms with E-state index in [4.69, 9.17) is 26.8 Å². The highest BCUT2D eigenvalue weighted by molar-refractivity contribution is 7.47. The molecule has 0 aromatic carbocycles. The molecule has 0 spiro atoms. The van der Waals surface area contributed by atoms with E-state index >= 15 is 0 Å². The van der Waals surface area contributed by atoms with Crippen molar-refractivity contribution in [1.29, 1.82) is 0 Å². The zero-order chi connectivity index (χ0) is 23.4. The molecule has 0 radical (unpaired) electrons. The monoisotopic (exact) mass is 505 g/mol. The number of aliphatic hydroxyl groups is 1. The Bertz CT molecular complexity index is 800. The number of halogens is 3. The van der Waals surface area contributed by atoms with Gasteiger partial charge in [-0.1, -0.05) is 20.9 Å². The molecule has 0 amide bonds.